The summed E-state index contributed by atoms with van der Waals surface area (Å²) in [6.45, 7) is 17.7. The number of rotatable bonds is 5. The van der Waals surface area contributed by atoms with E-state index in [9.17, 15) is 0 Å². The summed E-state index contributed by atoms with van der Waals surface area (Å²) >= 11 is 0. The van der Waals surface area contributed by atoms with Crippen LogP contribution in [0.4, 0.5) is 0 Å². The first-order valence-electron chi connectivity index (χ1n) is 8.07. The molecule has 0 spiro atoms. The Morgan fingerprint density at radius 1 is 1.00 bits per heavy atom. The lowest BCUT2D eigenvalue weighted by Gasteiger charge is -2.04. The van der Waals surface area contributed by atoms with E-state index >= 15 is 0 Å². The molecule has 22 heavy (non-hydrogen) atoms. The first-order chi connectivity index (χ1) is 10.8. The third-order valence-electron chi connectivity index (χ3n) is 2.62. The molecule has 1 N–H and O–H groups in total. The van der Waals surface area contributed by atoms with E-state index in [1.807, 2.05) is 72.9 Å². The third-order valence-corrected chi connectivity index (χ3v) is 2.62. The molecule has 2 nitrogen and oxygen atoms in total. The van der Waals surface area contributed by atoms with Crippen LogP contribution in [0.1, 0.15) is 59.7 Å². The molecule has 0 radical (unpaired) electrons. The SMILES string of the molecule is C=C/C=C\C(=C/C)c1[nH]ncc1C(/C=C\C)=C/C.CC.CC. The van der Waals surface area contributed by atoms with Gasteiger partial charge < -0.3 is 0 Å². The molecular formula is C20H32N2. The Bertz CT molecular complexity index is 512. The molecule has 1 aromatic rings. The molecule has 0 saturated carbocycles. The molecule has 0 bridgehead atoms. The zero-order valence-electron chi connectivity index (χ0n) is 15.3. The van der Waals surface area contributed by atoms with Crippen molar-refractivity contribution in [3.8, 4) is 0 Å². The molecule has 0 amide bonds. The van der Waals surface area contributed by atoms with Crippen molar-refractivity contribution in [1.29, 1.82) is 0 Å². The minimum Gasteiger partial charge on any atom is -0.277 e. The molecule has 1 rings (SSSR count). The van der Waals surface area contributed by atoms with Gasteiger partial charge >= 0.3 is 0 Å². The monoisotopic (exact) mass is 300 g/mol. The van der Waals surface area contributed by atoms with Crippen LogP contribution in [-0.4, -0.2) is 10.2 Å². The van der Waals surface area contributed by atoms with Crippen LogP contribution in [0.2, 0.25) is 0 Å². The molecule has 1 heterocycles. The van der Waals surface area contributed by atoms with E-state index in [-0.39, 0.29) is 0 Å². The summed E-state index contributed by atoms with van der Waals surface area (Å²) in [5.74, 6) is 0. The van der Waals surface area contributed by atoms with Crippen molar-refractivity contribution in [2.24, 2.45) is 0 Å². The molecular weight excluding hydrogens is 268 g/mol. The number of aromatic amines is 1. The van der Waals surface area contributed by atoms with Gasteiger partial charge in [0.15, 0.2) is 0 Å². The Hall–Kier alpha value is -2.09. The highest BCUT2D eigenvalue weighted by Crippen LogP contribution is 2.25. The van der Waals surface area contributed by atoms with Gasteiger partial charge in [-0.1, -0.05) is 76.8 Å². The second-order valence-corrected chi connectivity index (χ2v) is 3.74. The standard InChI is InChI=1S/C16H20N2.2C2H6/c1-5-9-11-14(8-4)16-15(12-17-18-16)13(7-3)10-6-2;2*1-2/h5-12H,1H2,2-4H3,(H,17,18);2*1-2H3/b10-6-,11-9-,13-7+,14-8+;;. The Kier molecular flexibility index (Phi) is 15.4. The van der Waals surface area contributed by atoms with Crippen molar-refractivity contribution >= 4 is 11.1 Å². The van der Waals surface area contributed by atoms with Gasteiger partial charge in [-0.2, -0.15) is 5.10 Å². The number of aromatic nitrogens is 2. The average molecular weight is 300 g/mol. The molecule has 0 aromatic carbocycles. The number of nitrogens with zero attached hydrogens (tertiary/aromatic N) is 1. The topological polar surface area (TPSA) is 28.7 Å². The van der Waals surface area contributed by atoms with Gasteiger partial charge in [0.05, 0.1) is 11.9 Å². The number of H-pyrrole nitrogens is 1. The van der Waals surface area contributed by atoms with Crippen molar-refractivity contribution in [1.82, 2.24) is 10.2 Å². The fourth-order valence-electron chi connectivity index (χ4n) is 1.74. The second kappa shape index (κ2) is 15.3. The summed E-state index contributed by atoms with van der Waals surface area (Å²) in [4.78, 5) is 0. The summed E-state index contributed by atoms with van der Waals surface area (Å²) in [5.41, 5.74) is 4.40. The van der Waals surface area contributed by atoms with Crippen LogP contribution in [0.3, 0.4) is 0 Å². The van der Waals surface area contributed by atoms with Crippen molar-refractivity contribution < 1.29 is 0 Å². The fourth-order valence-corrected chi connectivity index (χ4v) is 1.74. The van der Waals surface area contributed by atoms with E-state index in [1.54, 1.807) is 6.08 Å². The zero-order chi connectivity index (χ0) is 17.4. The normalized spacial score (nSPS) is 11.8. The zero-order valence-corrected chi connectivity index (χ0v) is 15.3. The van der Waals surface area contributed by atoms with E-state index in [1.165, 1.54) is 0 Å². The van der Waals surface area contributed by atoms with Gasteiger partial charge in [0.2, 0.25) is 0 Å². The molecule has 0 saturated heterocycles. The van der Waals surface area contributed by atoms with E-state index in [0.29, 0.717) is 0 Å². The molecule has 2 heteroatoms. The van der Waals surface area contributed by atoms with Crippen molar-refractivity contribution in [3.63, 3.8) is 0 Å². The lowest BCUT2D eigenvalue weighted by atomic mass is 10.0. The fraction of sp³-hybridized carbons (Fsp3) is 0.350. The first kappa shape index (κ1) is 22.2. The Morgan fingerprint density at radius 3 is 2.05 bits per heavy atom. The van der Waals surface area contributed by atoms with Gasteiger partial charge in [-0.05, 0) is 31.9 Å². The van der Waals surface area contributed by atoms with Crippen LogP contribution in [0.15, 0.2) is 55.3 Å². The summed E-state index contributed by atoms with van der Waals surface area (Å²) in [5, 5.41) is 7.21. The largest absolute Gasteiger partial charge is 0.277 e. The molecule has 0 fully saturated rings. The highest BCUT2D eigenvalue weighted by Gasteiger charge is 2.09. The molecule has 1 aromatic heterocycles. The third kappa shape index (κ3) is 7.07. The molecule has 0 atom stereocenters. The number of hydrogen-bond acceptors (Lipinski definition) is 1. The summed E-state index contributed by atoms with van der Waals surface area (Å²) in [6.07, 6.45) is 15.8. The maximum absolute atomic E-state index is 4.15. The predicted octanol–water partition coefficient (Wildman–Crippen LogP) is 6.59. The Labute approximate surface area is 137 Å². The average Bonchev–Trinajstić information content (AvgIpc) is 3.06. The summed E-state index contributed by atoms with van der Waals surface area (Å²) < 4.78 is 0. The summed E-state index contributed by atoms with van der Waals surface area (Å²) in [6, 6.07) is 0. The van der Waals surface area contributed by atoms with Gasteiger partial charge in [-0.15, -0.1) is 0 Å². The quantitative estimate of drug-likeness (QED) is 0.611. The van der Waals surface area contributed by atoms with Gasteiger partial charge in [0.25, 0.3) is 0 Å². The predicted molar refractivity (Wildman–Crippen MR) is 103 cm³/mol. The van der Waals surface area contributed by atoms with Crippen LogP contribution >= 0.6 is 0 Å². The molecule has 0 aliphatic carbocycles. The molecule has 0 aliphatic heterocycles. The Balaban J connectivity index is 0. The molecule has 0 aliphatic rings. The number of nitrogens with one attached hydrogen (secondary N) is 1. The smallest absolute Gasteiger partial charge is 0.0725 e. The highest BCUT2D eigenvalue weighted by atomic mass is 15.1. The van der Waals surface area contributed by atoms with Crippen molar-refractivity contribution in [2.45, 2.75) is 48.5 Å². The Morgan fingerprint density at radius 2 is 1.59 bits per heavy atom. The maximum Gasteiger partial charge on any atom is 0.0725 e. The van der Waals surface area contributed by atoms with Crippen molar-refractivity contribution in [3.05, 3.63) is 66.6 Å². The maximum atomic E-state index is 4.15. The van der Waals surface area contributed by atoms with Crippen LogP contribution in [-0.2, 0) is 0 Å². The molecule has 122 valence electrons. The highest BCUT2D eigenvalue weighted by molar-refractivity contribution is 5.84. The first-order valence-corrected chi connectivity index (χ1v) is 8.07. The minimum atomic E-state index is 1.03. The summed E-state index contributed by atoms with van der Waals surface area (Å²) in [7, 11) is 0. The van der Waals surface area contributed by atoms with E-state index in [2.05, 4.69) is 35.0 Å². The van der Waals surface area contributed by atoms with Gasteiger partial charge in [-0.3, -0.25) is 5.10 Å². The van der Waals surface area contributed by atoms with Crippen LogP contribution < -0.4 is 0 Å². The van der Waals surface area contributed by atoms with Crippen molar-refractivity contribution in [2.75, 3.05) is 0 Å². The number of hydrogen-bond donors (Lipinski definition) is 1. The minimum absolute atomic E-state index is 1.03. The van der Waals surface area contributed by atoms with Crippen LogP contribution in [0, 0.1) is 0 Å². The van der Waals surface area contributed by atoms with E-state index < -0.39 is 0 Å². The second-order valence-electron chi connectivity index (χ2n) is 3.74. The van der Waals surface area contributed by atoms with Gasteiger partial charge in [0.1, 0.15) is 0 Å². The number of allylic oxidation sites excluding steroid dienone is 9. The van der Waals surface area contributed by atoms with E-state index in [4.69, 9.17) is 0 Å². The lowest BCUT2D eigenvalue weighted by molar-refractivity contribution is 1.07. The van der Waals surface area contributed by atoms with Gasteiger partial charge in [0, 0.05) is 5.56 Å². The van der Waals surface area contributed by atoms with E-state index in [0.717, 1.165) is 22.4 Å². The van der Waals surface area contributed by atoms with Gasteiger partial charge in [-0.25, -0.2) is 0 Å². The van der Waals surface area contributed by atoms with Crippen LogP contribution in [0.25, 0.3) is 11.1 Å². The lowest BCUT2D eigenvalue weighted by Crippen LogP contribution is -1.88. The van der Waals surface area contributed by atoms with Crippen LogP contribution in [0.5, 0.6) is 0 Å². The molecule has 0 unspecified atom stereocenters.